The number of hydrogen-bond donors (Lipinski definition) is 0. The highest BCUT2D eigenvalue weighted by Gasteiger charge is 2.16. The van der Waals surface area contributed by atoms with Crippen molar-refractivity contribution in [2.24, 2.45) is 0 Å². The standard InChI is InChI=1S/C20H21N3O2/c1-25-15-14-22(16-17-6-3-2-4-7-17)20(24)18-8-10-19(11-9-18)23-13-5-12-21-23/h2-13H,14-16H2,1H3. The average Bonchev–Trinajstić information content (AvgIpc) is 3.20. The van der Waals surface area contributed by atoms with Crippen molar-refractivity contribution in [2.75, 3.05) is 20.3 Å². The number of ether oxygens (including phenoxy) is 1. The number of carbonyl (C=O) groups excluding carboxylic acids is 1. The van der Waals surface area contributed by atoms with Crippen LogP contribution in [-0.2, 0) is 11.3 Å². The molecule has 0 bridgehead atoms. The highest BCUT2D eigenvalue weighted by Crippen LogP contribution is 2.13. The second-order valence-electron chi connectivity index (χ2n) is 5.70. The van der Waals surface area contributed by atoms with Gasteiger partial charge in [0, 0.05) is 38.2 Å². The molecule has 3 rings (SSSR count). The summed E-state index contributed by atoms with van der Waals surface area (Å²) in [5, 5.41) is 4.20. The van der Waals surface area contributed by atoms with Crippen molar-refractivity contribution >= 4 is 5.91 Å². The van der Waals surface area contributed by atoms with Crippen LogP contribution < -0.4 is 0 Å². The molecule has 0 N–H and O–H groups in total. The van der Waals surface area contributed by atoms with E-state index in [9.17, 15) is 4.79 Å². The van der Waals surface area contributed by atoms with E-state index < -0.39 is 0 Å². The molecule has 0 unspecified atom stereocenters. The van der Waals surface area contributed by atoms with Gasteiger partial charge in [0.05, 0.1) is 12.3 Å². The number of aromatic nitrogens is 2. The summed E-state index contributed by atoms with van der Waals surface area (Å²) in [6.07, 6.45) is 3.60. The average molecular weight is 335 g/mol. The topological polar surface area (TPSA) is 47.4 Å². The fraction of sp³-hybridized carbons (Fsp3) is 0.200. The lowest BCUT2D eigenvalue weighted by molar-refractivity contribution is 0.0680. The number of benzene rings is 2. The van der Waals surface area contributed by atoms with E-state index in [1.807, 2.05) is 71.8 Å². The summed E-state index contributed by atoms with van der Waals surface area (Å²) < 4.78 is 6.92. The molecule has 1 amide bonds. The first-order valence-electron chi connectivity index (χ1n) is 8.20. The lowest BCUT2D eigenvalue weighted by Crippen LogP contribution is -2.33. The van der Waals surface area contributed by atoms with Gasteiger partial charge in [0.1, 0.15) is 0 Å². The molecule has 0 fully saturated rings. The Morgan fingerprint density at radius 2 is 1.84 bits per heavy atom. The van der Waals surface area contributed by atoms with E-state index in [0.717, 1.165) is 11.3 Å². The molecule has 2 aromatic carbocycles. The molecule has 0 spiro atoms. The molecule has 0 aliphatic heterocycles. The van der Waals surface area contributed by atoms with Crippen LogP contribution >= 0.6 is 0 Å². The molecule has 1 aromatic heterocycles. The Labute approximate surface area is 147 Å². The fourth-order valence-corrected chi connectivity index (χ4v) is 2.62. The van der Waals surface area contributed by atoms with E-state index in [1.54, 1.807) is 18.0 Å². The number of rotatable bonds is 7. The highest BCUT2D eigenvalue weighted by atomic mass is 16.5. The number of hydrogen-bond acceptors (Lipinski definition) is 3. The van der Waals surface area contributed by atoms with Crippen LogP contribution in [0.25, 0.3) is 5.69 Å². The van der Waals surface area contributed by atoms with E-state index in [2.05, 4.69) is 5.10 Å². The molecule has 0 radical (unpaired) electrons. The third-order valence-electron chi connectivity index (χ3n) is 3.95. The molecule has 0 aliphatic rings. The molecule has 128 valence electrons. The summed E-state index contributed by atoms with van der Waals surface area (Å²) in [4.78, 5) is 14.7. The molecular weight excluding hydrogens is 314 g/mol. The van der Waals surface area contributed by atoms with Crippen LogP contribution in [-0.4, -0.2) is 40.8 Å². The van der Waals surface area contributed by atoms with Gasteiger partial charge < -0.3 is 9.64 Å². The summed E-state index contributed by atoms with van der Waals surface area (Å²) in [6.45, 7) is 1.61. The molecule has 25 heavy (non-hydrogen) atoms. The zero-order chi connectivity index (χ0) is 17.5. The lowest BCUT2D eigenvalue weighted by Gasteiger charge is -2.23. The quantitative estimate of drug-likeness (QED) is 0.666. The first-order chi connectivity index (χ1) is 12.3. The molecule has 0 saturated carbocycles. The minimum absolute atomic E-state index is 0.00656. The lowest BCUT2D eigenvalue weighted by atomic mass is 10.1. The molecule has 3 aromatic rings. The highest BCUT2D eigenvalue weighted by molar-refractivity contribution is 5.94. The fourth-order valence-electron chi connectivity index (χ4n) is 2.62. The SMILES string of the molecule is COCCN(Cc1ccccc1)C(=O)c1ccc(-n2cccn2)cc1. The molecule has 0 saturated heterocycles. The third-order valence-corrected chi connectivity index (χ3v) is 3.95. The van der Waals surface area contributed by atoms with Crippen molar-refractivity contribution in [2.45, 2.75) is 6.54 Å². The number of methoxy groups -OCH3 is 1. The van der Waals surface area contributed by atoms with Gasteiger partial charge in [-0.25, -0.2) is 4.68 Å². The summed E-state index contributed by atoms with van der Waals surface area (Å²) in [7, 11) is 1.64. The third kappa shape index (κ3) is 4.33. The van der Waals surface area contributed by atoms with E-state index in [4.69, 9.17) is 4.74 Å². The maximum Gasteiger partial charge on any atom is 0.254 e. The van der Waals surface area contributed by atoms with Crippen LogP contribution in [0.2, 0.25) is 0 Å². The summed E-state index contributed by atoms with van der Waals surface area (Å²) in [6, 6.07) is 19.3. The summed E-state index contributed by atoms with van der Waals surface area (Å²) >= 11 is 0. The molecule has 5 nitrogen and oxygen atoms in total. The van der Waals surface area contributed by atoms with Crippen molar-refractivity contribution in [3.05, 3.63) is 84.2 Å². The van der Waals surface area contributed by atoms with Crippen molar-refractivity contribution < 1.29 is 9.53 Å². The Balaban J connectivity index is 1.76. The van der Waals surface area contributed by atoms with E-state index in [0.29, 0.717) is 25.3 Å². The predicted octanol–water partition coefficient (Wildman–Crippen LogP) is 3.16. The number of nitrogens with zero attached hydrogens (tertiary/aromatic N) is 3. The van der Waals surface area contributed by atoms with Gasteiger partial charge in [0.15, 0.2) is 0 Å². The monoisotopic (exact) mass is 335 g/mol. The number of amides is 1. The molecule has 0 aliphatic carbocycles. The Hall–Kier alpha value is -2.92. The molecular formula is C20H21N3O2. The van der Waals surface area contributed by atoms with E-state index in [1.165, 1.54) is 0 Å². The van der Waals surface area contributed by atoms with Gasteiger partial charge in [0.25, 0.3) is 5.91 Å². The van der Waals surface area contributed by atoms with Crippen LogP contribution in [0, 0.1) is 0 Å². The minimum Gasteiger partial charge on any atom is -0.383 e. The Bertz CT molecular complexity index is 784. The minimum atomic E-state index is -0.00656. The van der Waals surface area contributed by atoms with Gasteiger partial charge in [0.2, 0.25) is 0 Å². The van der Waals surface area contributed by atoms with Gasteiger partial charge in [-0.05, 0) is 35.9 Å². The van der Waals surface area contributed by atoms with Crippen LogP contribution in [0.15, 0.2) is 73.1 Å². The van der Waals surface area contributed by atoms with Gasteiger partial charge in [-0.2, -0.15) is 5.10 Å². The largest absolute Gasteiger partial charge is 0.383 e. The Kier molecular flexibility index (Phi) is 5.59. The predicted molar refractivity (Wildman–Crippen MR) is 96.6 cm³/mol. The van der Waals surface area contributed by atoms with Gasteiger partial charge >= 0.3 is 0 Å². The first-order valence-corrected chi connectivity index (χ1v) is 8.20. The summed E-state index contributed by atoms with van der Waals surface area (Å²) in [5.41, 5.74) is 2.68. The Morgan fingerprint density at radius 3 is 2.48 bits per heavy atom. The van der Waals surface area contributed by atoms with E-state index >= 15 is 0 Å². The maximum atomic E-state index is 12.9. The van der Waals surface area contributed by atoms with Crippen LogP contribution in [0.1, 0.15) is 15.9 Å². The van der Waals surface area contributed by atoms with Crippen LogP contribution in [0.4, 0.5) is 0 Å². The van der Waals surface area contributed by atoms with Gasteiger partial charge in [-0.1, -0.05) is 30.3 Å². The van der Waals surface area contributed by atoms with Crippen molar-refractivity contribution in [3.63, 3.8) is 0 Å². The van der Waals surface area contributed by atoms with Crippen LogP contribution in [0.3, 0.4) is 0 Å². The van der Waals surface area contributed by atoms with Crippen molar-refractivity contribution in [3.8, 4) is 5.69 Å². The van der Waals surface area contributed by atoms with Crippen molar-refractivity contribution in [1.29, 1.82) is 0 Å². The van der Waals surface area contributed by atoms with E-state index in [-0.39, 0.29) is 5.91 Å². The van der Waals surface area contributed by atoms with Crippen LogP contribution in [0.5, 0.6) is 0 Å². The summed E-state index contributed by atoms with van der Waals surface area (Å²) in [5.74, 6) is -0.00656. The first kappa shape index (κ1) is 16.9. The Morgan fingerprint density at radius 1 is 1.08 bits per heavy atom. The van der Waals surface area contributed by atoms with Gasteiger partial charge in [-0.15, -0.1) is 0 Å². The second-order valence-corrected chi connectivity index (χ2v) is 5.70. The second kappa shape index (κ2) is 8.26. The normalized spacial score (nSPS) is 10.6. The molecule has 0 atom stereocenters. The smallest absolute Gasteiger partial charge is 0.254 e. The number of carbonyl (C=O) groups is 1. The van der Waals surface area contributed by atoms with Crippen molar-refractivity contribution in [1.82, 2.24) is 14.7 Å². The van der Waals surface area contributed by atoms with Gasteiger partial charge in [-0.3, -0.25) is 4.79 Å². The maximum absolute atomic E-state index is 12.9. The zero-order valence-electron chi connectivity index (χ0n) is 14.2. The zero-order valence-corrected chi connectivity index (χ0v) is 14.2. The molecule has 5 heteroatoms. The molecule has 1 heterocycles.